The van der Waals surface area contributed by atoms with E-state index in [0.29, 0.717) is 28.4 Å². The van der Waals surface area contributed by atoms with Gasteiger partial charge in [-0.2, -0.15) is 5.10 Å². The van der Waals surface area contributed by atoms with Crippen LogP contribution in [0.3, 0.4) is 0 Å². The van der Waals surface area contributed by atoms with Crippen molar-refractivity contribution in [1.82, 2.24) is 14.8 Å². The van der Waals surface area contributed by atoms with Crippen molar-refractivity contribution in [1.29, 1.82) is 0 Å². The number of amides is 1. The number of anilines is 1. The summed E-state index contributed by atoms with van der Waals surface area (Å²) < 4.78 is 7.62. The molecule has 6 nitrogen and oxygen atoms in total. The number of fused-ring (bicyclic) bond motifs is 1. The number of benzene rings is 2. The lowest BCUT2D eigenvalue weighted by Gasteiger charge is -2.11. The van der Waals surface area contributed by atoms with Crippen LogP contribution in [-0.4, -0.2) is 20.7 Å². The Labute approximate surface area is 169 Å². The first kappa shape index (κ1) is 18.9. The van der Waals surface area contributed by atoms with Gasteiger partial charge in [-0.05, 0) is 44.2 Å². The summed E-state index contributed by atoms with van der Waals surface area (Å²) in [5, 5.41) is 7.52. The van der Waals surface area contributed by atoms with Crippen molar-refractivity contribution in [2.45, 2.75) is 40.0 Å². The summed E-state index contributed by atoms with van der Waals surface area (Å²) in [5.41, 5.74) is 4.89. The summed E-state index contributed by atoms with van der Waals surface area (Å²) in [7, 11) is 0. The van der Waals surface area contributed by atoms with Gasteiger partial charge < -0.3 is 9.73 Å². The zero-order valence-corrected chi connectivity index (χ0v) is 17.3. The monoisotopic (exact) mass is 388 g/mol. The van der Waals surface area contributed by atoms with Crippen LogP contribution in [0, 0.1) is 13.8 Å². The molecule has 2 aromatic carbocycles. The second kappa shape index (κ2) is 6.88. The zero-order chi connectivity index (χ0) is 20.8. The molecule has 0 fully saturated rings. The van der Waals surface area contributed by atoms with Crippen LogP contribution in [0.4, 0.5) is 5.69 Å². The summed E-state index contributed by atoms with van der Waals surface area (Å²) in [5.74, 6) is 0.480. The molecule has 0 radical (unpaired) electrons. The molecule has 0 unspecified atom stereocenters. The van der Waals surface area contributed by atoms with Gasteiger partial charge in [0.2, 0.25) is 5.89 Å². The SMILES string of the molecule is Cc1nn(-c2ccccc2)c(C)c1C(=O)Nc1ccc2oc(C(C)(C)C)nc2c1. The Morgan fingerprint density at radius 1 is 1.07 bits per heavy atom. The van der Waals surface area contributed by atoms with Gasteiger partial charge in [0, 0.05) is 11.1 Å². The number of aromatic nitrogens is 3. The lowest BCUT2D eigenvalue weighted by Crippen LogP contribution is -2.14. The summed E-state index contributed by atoms with van der Waals surface area (Å²) in [6.45, 7) is 9.90. The van der Waals surface area contributed by atoms with Gasteiger partial charge in [-0.15, -0.1) is 0 Å². The molecule has 0 bridgehead atoms. The Hall–Kier alpha value is -3.41. The molecule has 0 aliphatic heterocycles. The highest BCUT2D eigenvalue weighted by Gasteiger charge is 2.22. The van der Waals surface area contributed by atoms with Crippen LogP contribution in [0.2, 0.25) is 0 Å². The second-order valence-corrected chi connectivity index (χ2v) is 8.20. The Morgan fingerprint density at radius 3 is 2.48 bits per heavy atom. The van der Waals surface area contributed by atoms with Gasteiger partial charge in [0.25, 0.3) is 5.91 Å². The van der Waals surface area contributed by atoms with Crippen LogP contribution in [0.15, 0.2) is 52.9 Å². The maximum absolute atomic E-state index is 13.0. The maximum atomic E-state index is 13.0. The molecule has 2 aromatic heterocycles. The highest BCUT2D eigenvalue weighted by atomic mass is 16.3. The van der Waals surface area contributed by atoms with Crippen molar-refractivity contribution >= 4 is 22.7 Å². The molecule has 0 spiro atoms. The third kappa shape index (κ3) is 3.53. The number of para-hydroxylation sites is 1. The predicted molar refractivity (Wildman–Crippen MR) is 114 cm³/mol. The lowest BCUT2D eigenvalue weighted by molar-refractivity contribution is 0.102. The molecule has 29 heavy (non-hydrogen) atoms. The molecule has 0 aliphatic carbocycles. The average Bonchev–Trinajstić information content (AvgIpc) is 3.22. The van der Waals surface area contributed by atoms with E-state index in [1.165, 1.54) is 0 Å². The van der Waals surface area contributed by atoms with Gasteiger partial charge in [0.15, 0.2) is 5.58 Å². The quantitative estimate of drug-likeness (QED) is 0.525. The molecule has 0 atom stereocenters. The van der Waals surface area contributed by atoms with E-state index < -0.39 is 0 Å². The first-order chi connectivity index (χ1) is 13.7. The number of nitrogens with zero attached hydrogens (tertiary/aromatic N) is 3. The number of hydrogen-bond donors (Lipinski definition) is 1. The summed E-state index contributed by atoms with van der Waals surface area (Å²) in [6, 6.07) is 15.3. The van der Waals surface area contributed by atoms with Gasteiger partial charge in [-0.25, -0.2) is 9.67 Å². The smallest absolute Gasteiger partial charge is 0.259 e. The number of nitrogens with one attached hydrogen (secondary N) is 1. The fraction of sp³-hybridized carbons (Fsp3) is 0.261. The van der Waals surface area contributed by atoms with Gasteiger partial charge in [0.1, 0.15) is 5.52 Å². The molecule has 4 rings (SSSR count). The minimum Gasteiger partial charge on any atom is -0.440 e. The van der Waals surface area contributed by atoms with Crippen LogP contribution in [-0.2, 0) is 5.41 Å². The predicted octanol–water partition coefficient (Wildman–Crippen LogP) is 5.18. The molecular weight excluding hydrogens is 364 g/mol. The van der Waals surface area contributed by atoms with E-state index >= 15 is 0 Å². The molecule has 2 heterocycles. The summed E-state index contributed by atoms with van der Waals surface area (Å²) in [6.07, 6.45) is 0. The van der Waals surface area contributed by atoms with Crippen LogP contribution in [0.25, 0.3) is 16.8 Å². The Bertz CT molecular complexity index is 1200. The number of rotatable bonds is 3. The van der Waals surface area contributed by atoms with Crippen molar-refractivity contribution in [2.75, 3.05) is 5.32 Å². The number of carbonyl (C=O) groups excluding carboxylic acids is 1. The second-order valence-electron chi connectivity index (χ2n) is 8.20. The zero-order valence-electron chi connectivity index (χ0n) is 17.3. The number of carbonyl (C=O) groups is 1. The van der Waals surface area contributed by atoms with E-state index in [-0.39, 0.29) is 11.3 Å². The topological polar surface area (TPSA) is 73.0 Å². The van der Waals surface area contributed by atoms with Gasteiger partial charge in [-0.3, -0.25) is 4.79 Å². The van der Waals surface area contributed by atoms with Crippen LogP contribution in [0.5, 0.6) is 0 Å². The molecular formula is C23H24N4O2. The molecule has 0 aliphatic rings. The van der Waals surface area contributed by atoms with Gasteiger partial charge in [-0.1, -0.05) is 39.0 Å². The van der Waals surface area contributed by atoms with E-state index in [1.54, 1.807) is 4.68 Å². The van der Waals surface area contributed by atoms with E-state index in [2.05, 4.69) is 36.2 Å². The summed E-state index contributed by atoms with van der Waals surface area (Å²) in [4.78, 5) is 17.6. The standard InChI is InChI=1S/C23H24N4O2/c1-14-20(15(2)27(26-14)17-9-7-6-8-10-17)21(28)24-16-11-12-19-18(13-16)25-22(29-19)23(3,4)5/h6-13H,1-5H3,(H,24,28). The highest BCUT2D eigenvalue weighted by molar-refractivity contribution is 6.06. The third-order valence-electron chi connectivity index (χ3n) is 4.81. The summed E-state index contributed by atoms with van der Waals surface area (Å²) >= 11 is 0. The number of aryl methyl sites for hydroxylation is 1. The van der Waals surface area contributed by atoms with Crippen LogP contribution < -0.4 is 5.32 Å². The van der Waals surface area contributed by atoms with Gasteiger partial charge in [0.05, 0.1) is 22.6 Å². The van der Waals surface area contributed by atoms with E-state index in [1.807, 2.05) is 62.4 Å². The van der Waals surface area contributed by atoms with Crippen molar-refractivity contribution in [3.8, 4) is 5.69 Å². The van der Waals surface area contributed by atoms with Crippen molar-refractivity contribution in [3.63, 3.8) is 0 Å². The fourth-order valence-electron chi connectivity index (χ4n) is 3.31. The van der Waals surface area contributed by atoms with Crippen molar-refractivity contribution < 1.29 is 9.21 Å². The third-order valence-corrected chi connectivity index (χ3v) is 4.81. The Balaban J connectivity index is 1.64. The number of hydrogen-bond acceptors (Lipinski definition) is 4. The number of oxazole rings is 1. The molecule has 1 amide bonds. The average molecular weight is 388 g/mol. The van der Waals surface area contributed by atoms with E-state index in [9.17, 15) is 4.79 Å². The highest BCUT2D eigenvalue weighted by Crippen LogP contribution is 2.28. The minimum atomic E-state index is -0.193. The van der Waals surface area contributed by atoms with Crippen LogP contribution >= 0.6 is 0 Å². The first-order valence-corrected chi connectivity index (χ1v) is 9.58. The fourth-order valence-corrected chi connectivity index (χ4v) is 3.31. The largest absolute Gasteiger partial charge is 0.440 e. The molecule has 148 valence electrons. The van der Waals surface area contributed by atoms with Crippen molar-refractivity contribution in [2.24, 2.45) is 0 Å². The van der Waals surface area contributed by atoms with E-state index in [0.717, 1.165) is 16.9 Å². The normalized spacial score (nSPS) is 11.8. The maximum Gasteiger partial charge on any atom is 0.259 e. The molecule has 4 aromatic rings. The molecule has 1 N–H and O–H groups in total. The lowest BCUT2D eigenvalue weighted by atomic mass is 9.97. The first-order valence-electron chi connectivity index (χ1n) is 9.58. The van der Waals surface area contributed by atoms with Crippen molar-refractivity contribution in [3.05, 3.63) is 71.4 Å². The Morgan fingerprint density at radius 2 is 1.79 bits per heavy atom. The Kier molecular flexibility index (Phi) is 4.49. The van der Waals surface area contributed by atoms with Crippen LogP contribution in [0.1, 0.15) is 48.4 Å². The molecule has 0 saturated carbocycles. The van der Waals surface area contributed by atoms with E-state index in [4.69, 9.17) is 4.42 Å². The molecule has 6 heteroatoms. The molecule has 0 saturated heterocycles. The minimum absolute atomic E-state index is 0.178. The van der Waals surface area contributed by atoms with Gasteiger partial charge >= 0.3 is 0 Å².